The highest BCUT2D eigenvalue weighted by Crippen LogP contribution is 2.20. The third-order valence-electron chi connectivity index (χ3n) is 3.21. The van der Waals surface area contributed by atoms with Crippen LogP contribution in [0.1, 0.15) is 21.8 Å². The Hall–Kier alpha value is -1.68. The van der Waals surface area contributed by atoms with E-state index in [0.29, 0.717) is 0 Å². The van der Waals surface area contributed by atoms with Crippen molar-refractivity contribution >= 4 is 22.4 Å². The minimum absolute atomic E-state index is 0.803. The van der Waals surface area contributed by atoms with Crippen molar-refractivity contribution in [3.05, 3.63) is 45.7 Å². The smallest absolute Gasteiger partial charge is 0.113 e. The summed E-state index contributed by atoms with van der Waals surface area (Å²) in [7, 11) is 0. The molecule has 2 heterocycles. The maximum Gasteiger partial charge on any atom is 0.113 e. The second kappa shape index (κ2) is 4.21. The number of imidazole rings is 1. The summed E-state index contributed by atoms with van der Waals surface area (Å²) in [5.41, 5.74) is 5.93. The molecule has 0 N–H and O–H groups in total. The Morgan fingerprint density at radius 3 is 2.67 bits per heavy atom. The highest BCUT2D eigenvalue weighted by atomic mass is 32.1. The van der Waals surface area contributed by atoms with Crippen molar-refractivity contribution in [3.63, 3.8) is 0 Å². The Morgan fingerprint density at radius 2 is 1.94 bits per heavy atom. The van der Waals surface area contributed by atoms with E-state index in [1.807, 2.05) is 13.3 Å². The molecule has 18 heavy (non-hydrogen) atoms. The van der Waals surface area contributed by atoms with Crippen molar-refractivity contribution < 1.29 is 0 Å². The summed E-state index contributed by atoms with van der Waals surface area (Å²) in [6.07, 6.45) is 1.90. The number of benzene rings is 1. The lowest BCUT2D eigenvalue weighted by atomic mass is 10.1. The topological polar surface area (TPSA) is 30.7 Å². The van der Waals surface area contributed by atoms with Gasteiger partial charge in [-0.05, 0) is 44.0 Å². The van der Waals surface area contributed by atoms with Crippen LogP contribution in [0.4, 0.5) is 0 Å². The molecule has 0 aliphatic carbocycles. The molecule has 0 fully saturated rings. The van der Waals surface area contributed by atoms with Gasteiger partial charge < -0.3 is 4.57 Å². The molecule has 0 bridgehead atoms. The zero-order chi connectivity index (χ0) is 12.7. The minimum Gasteiger partial charge on any atom is -0.324 e. The summed E-state index contributed by atoms with van der Waals surface area (Å²) in [6.45, 7) is 7.09. The fraction of sp³-hybridized carbons (Fsp3) is 0.286. The number of thiazole rings is 1. The third-order valence-corrected chi connectivity index (χ3v) is 4.16. The van der Waals surface area contributed by atoms with Gasteiger partial charge >= 0.3 is 0 Å². The second-order valence-electron chi connectivity index (χ2n) is 4.68. The van der Waals surface area contributed by atoms with E-state index in [0.717, 1.165) is 22.8 Å². The molecule has 0 atom stereocenters. The van der Waals surface area contributed by atoms with E-state index >= 15 is 0 Å². The van der Waals surface area contributed by atoms with Gasteiger partial charge in [0.25, 0.3) is 0 Å². The van der Waals surface area contributed by atoms with Gasteiger partial charge in [-0.1, -0.05) is 0 Å². The summed E-state index contributed by atoms with van der Waals surface area (Å²) in [4.78, 5) is 8.97. The molecule has 3 rings (SSSR count). The summed E-state index contributed by atoms with van der Waals surface area (Å²) >= 11 is 1.70. The van der Waals surface area contributed by atoms with Crippen molar-refractivity contribution in [1.82, 2.24) is 14.5 Å². The minimum atomic E-state index is 0.803. The first-order chi connectivity index (χ1) is 8.63. The molecule has 0 unspecified atom stereocenters. The molecule has 1 aromatic carbocycles. The van der Waals surface area contributed by atoms with Crippen molar-refractivity contribution in [1.29, 1.82) is 0 Å². The van der Waals surface area contributed by atoms with Crippen molar-refractivity contribution in [2.24, 2.45) is 0 Å². The van der Waals surface area contributed by atoms with E-state index in [2.05, 4.69) is 45.9 Å². The molecular weight excluding hydrogens is 242 g/mol. The highest BCUT2D eigenvalue weighted by Gasteiger charge is 2.07. The Bertz CT molecular complexity index is 709. The van der Waals surface area contributed by atoms with Crippen LogP contribution in [0.3, 0.4) is 0 Å². The SMILES string of the molecule is Cc1csc(Cn2cnc3cc(C)c(C)cc32)n1. The fourth-order valence-electron chi connectivity index (χ4n) is 2.06. The molecule has 0 saturated carbocycles. The molecule has 3 aromatic rings. The first-order valence-corrected chi connectivity index (χ1v) is 6.84. The normalized spacial score (nSPS) is 11.3. The quantitative estimate of drug-likeness (QED) is 0.704. The molecule has 0 amide bonds. The van der Waals surface area contributed by atoms with E-state index in [-0.39, 0.29) is 0 Å². The lowest BCUT2D eigenvalue weighted by Gasteiger charge is -2.04. The van der Waals surface area contributed by atoms with Gasteiger partial charge in [-0.25, -0.2) is 9.97 Å². The number of rotatable bonds is 2. The summed E-state index contributed by atoms with van der Waals surface area (Å²) in [6, 6.07) is 4.35. The maximum absolute atomic E-state index is 4.50. The first-order valence-electron chi connectivity index (χ1n) is 5.96. The molecule has 2 aromatic heterocycles. The van der Waals surface area contributed by atoms with Crippen LogP contribution in [0.2, 0.25) is 0 Å². The standard InChI is InChI=1S/C14H15N3S/c1-9-4-12-13(5-10(9)2)17(8-15-12)6-14-16-11(3)7-18-14/h4-5,7-8H,6H2,1-3H3. The fourth-order valence-corrected chi connectivity index (χ4v) is 2.83. The summed E-state index contributed by atoms with van der Waals surface area (Å²) in [5.74, 6) is 0. The molecule has 0 spiro atoms. The van der Waals surface area contributed by atoms with Gasteiger partial charge in [0.2, 0.25) is 0 Å². The van der Waals surface area contributed by atoms with Crippen molar-refractivity contribution in [2.75, 3.05) is 0 Å². The van der Waals surface area contributed by atoms with Crippen LogP contribution in [0, 0.1) is 20.8 Å². The van der Waals surface area contributed by atoms with Crippen LogP contribution in [-0.4, -0.2) is 14.5 Å². The predicted molar refractivity (Wildman–Crippen MR) is 75.2 cm³/mol. The molecule has 3 nitrogen and oxygen atoms in total. The van der Waals surface area contributed by atoms with Gasteiger partial charge in [0.15, 0.2) is 0 Å². The molecule has 0 aliphatic heterocycles. The van der Waals surface area contributed by atoms with E-state index in [1.165, 1.54) is 16.6 Å². The number of nitrogens with zero attached hydrogens (tertiary/aromatic N) is 3. The Labute approximate surface area is 110 Å². The van der Waals surface area contributed by atoms with Crippen LogP contribution in [0.5, 0.6) is 0 Å². The van der Waals surface area contributed by atoms with Gasteiger partial charge in [0.05, 0.1) is 23.9 Å². The van der Waals surface area contributed by atoms with Crippen LogP contribution >= 0.6 is 11.3 Å². The summed E-state index contributed by atoms with van der Waals surface area (Å²) < 4.78 is 2.17. The maximum atomic E-state index is 4.50. The monoisotopic (exact) mass is 257 g/mol. The largest absolute Gasteiger partial charge is 0.324 e. The number of fused-ring (bicyclic) bond motifs is 1. The zero-order valence-electron chi connectivity index (χ0n) is 10.8. The average Bonchev–Trinajstić information content (AvgIpc) is 2.89. The Kier molecular flexibility index (Phi) is 2.67. The van der Waals surface area contributed by atoms with Crippen LogP contribution in [0.15, 0.2) is 23.8 Å². The lowest BCUT2D eigenvalue weighted by Crippen LogP contribution is -1.97. The highest BCUT2D eigenvalue weighted by molar-refractivity contribution is 7.09. The van der Waals surface area contributed by atoms with Gasteiger partial charge in [-0.3, -0.25) is 0 Å². The third kappa shape index (κ3) is 1.93. The zero-order valence-corrected chi connectivity index (χ0v) is 11.6. The average molecular weight is 257 g/mol. The molecular formula is C14H15N3S. The van der Waals surface area contributed by atoms with E-state index in [1.54, 1.807) is 11.3 Å². The molecule has 92 valence electrons. The molecule has 0 aliphatic rings. The Balaban J connectivity index is 2.04. The van der Waals surface area contributed by atoms with Gasteiger partial charge in [0.1, 0.15) is 5.01 Å². The number of hydrogen-bond donors (Lipinski definition) is 0. The predicted octanol–water partition coefficient (Wildman–Crippen LogP) is 3.47. The van der Waals surface area contributed by atoms with Gasteiger partial charge in [-0.2, -0.15) is 0 Å². The number of aryl methyl sites for hydroxylation is 3. The van der Waals surface area contributed by atoms with Crippen LogP contribution < -0.4 is 0 Å². The van der Waals surface area contributed by atoms with E-state index < -0.39 is 0 Å². The van der Waals surface area contributed by atoms with Gasteiger partial charge in [0, 0.05) is 11.1 Å². The van der Waals surface area contributed by atoms with Crippen LogP contribution in [0.25, 0.3) is 11.0 Å². The van der Waals surface area contributed by atoms with E-state index in [4.69, 9.17) is 0 Å². The first kappa shape index (κ1) is 11.4. The van der Waals surface area contributed by atoms with Gasteiger partial charge in [-0.15, -0.1) is 11.3 Å². The lowest BCUT2D eigenvalue weighted by molar-refractivity contribution is 0.813. The summed E-state index contributed by atoms with van der Waals surface area (Å²) in [5, 5.41) is 3.22. The van der Waals surface area contributed by atoms with Crippen LogP contribution in [-0.2, 0) is 6.54 Å². The second-order valence-corrected chi connectivity index (χ2v) is 5.62. The number of hydrogen-bond acceptors (Lipinski definition) is 3. The molecule has 0 radical (unpaired) electrons. The van der Waals surface area contributed by atoms with Crippen molar-refractivity contribution in [2.45, 2.75) is 27.3 Å². The number of aromatic nitrogens is 3. The molecule has 0 saturated heterocycles. The molecule has 4 heteroatoms. The van der Waals surface area contributed by atoms with Crippen molar-refractivity contribution in [3.8, 4) is 0 Å². The Morgan fingerprint density at radius 1 is 1.17 bits per heavy atom. The van der Waals surface area contributed by atoms with E-state index in [9.17, 15) is 0 Å².